The monoisotopic (exact) mass is 213 g/mol. The molecule has 0 bridgehead atoms. The standard InChI is InChI=1S/C12H27N3/c1-14(2)11-9-13-8-7-12-6-4-5-10-15(12)3/h12-13H,4-11H2,1-3H3. The number of rotatable bonds is 6. The highest BCUT2D eigenvalue weighted by molar-refractivity contribution is 4.74. The molecule has 0 saturated carbocycles. The van der Waals surface area contributed by atoms with E-state index in [9.17, 15) is 0 Å². The molecule has 0 amide bonds. The minimum atomic E-state index is 0.825. The van der Waals surface area contributed by atoms with Crippen LogP contribution in [-0.4, -0.2) is 63.2 Å². The summed E-state index contributed by atoms with van der Waals surface area (Å²) < 4.78 is 0. The molecule has 15 heavy (non-hydrogen) atoms. The van der Waals surface area contributed by atoms with Gasteiger partial charge >= 0.3 is 0 Å². The summed E-state index contributed by atoms with van der Waals surface area (Å²) in [6, 6.07) is 0.825. The summed E-state index contributed by atoms with van der Waals surface area (Å²) in [5, 5.41) is 3.52. The van der Waals surface area contributed by atoms with Gasteiger partial charge in [-0.25, -0.2) is 0 Å². The lowest BCUT2D eigenvalue weighted by Gasteiger charge is -2.32. The average Bonchev–Trinajstić information content (AvgIpc) is 2.20. The summed E-state index contributed by atoms with van der Waals surface area (Å²) in [7, 11) is 6.51. The number of nitrogens with one attached hydrogen (secondary N) is 1. The number of likely N-dealkylation sites (tertiary alicyclic amines) is 1. The third-order valence-corrected chi connectivity index (χ3v) is 3.31. The lowest BCUT2D eigenvalue weighted by atomic mass is 10.0. The van der Waals surface area contributed by atoms with Gasteiger partial charge < -0.3 is 15.1 Å². The van der Waals surface area contributed by atoms with Gasteiger partial charge in [-0.05, 0) is 53.5 Å². The van der Waals surface area contributed by atoms with Gasteiger partial charge in [0.25, 0.3) is 0 Å². The minimum Gasteiger partial charge on any atom is -0.315 e. The van der Waals surface area contributed by atoms with Crippen LogP contribution in [0.5, 0.6) is 0 Å². The van der Waals surface area contributed by atoms with Gasteiger partial charge in [-0.1, -0.05) is 6.42 Å². The van der Waals surface area contributed by atoms with Crippen LogP contribution in [0.3, 0.4) is 0 Å². The van der Waals surface area contributed by atoms with Gasteiger partial charge in [-0.2, -0.15) is 0 Å². The van der Waals surface area contributed by atoms with E-state index < -0.39 is 0 Å². The summed E-state index contributed by atoms with van der Waals surface area (Å²) >= 11 is 0. The molecule has 1 heterocycles. The molecule has 0 aromatic rings. The Morgan fingerprint density at radius 3 is 2.73 bits per heavy atom. The maximum Gasteiger partial charge on any atom is 0.0104 e. The third-order valence-electron chi connectivity index (χ3n) is 3.31. The molecule has 1 aliphatic rings. The molecule has 1 unspecified atom stereocenters. The molecule has 90 valence electrons. The van der Waals surface area contributed by atoms with Crippen molar-refractivity contribution in [3.8, 4) is 0 Å². The molecule has 3 nitrogen and oxygen atoms in total. The first-order valence-electron chi connectivity index (χ1n) is 6.26. The van der Waals surface area contributed by atoms with Gasteiger partial charge in [-0.15, -0.1) is 0 Å². The van der Waals surface area contributed by atoms with E-state index in [1.54, 1.807) is 0 Å². The first-order valence-corrected chi connectivity index (χ1v) is 6.26. The van der Waals surface area contributed by atoms with Crippen LogP contribution < -0.4 is 5.32 Å². The number of nitrogens with zero attached hydrogens (tertiary/aromatic N) is 2. The van der Waals surface area contributed by atoms with E-state index in [0.717, 1.165) is 19.1 Å². The molecule has 1 aliphatic heterocycles. The maximum absolute atomic E-state index is 3.52. The Morgan fingerprint density at radius 2 is 2.07 bits per heavy atom. The van der Waals surface area contributed by atoms with Crippen LogP contribution in [0.25, 0.3) is 0 Å². The van der Waals surface area contributed by atoms with Gasteiger partial charge in [0.2, 0.25) is 0 Å². The van der Waals surface area contributed by atoms with Crippen LogP contribution in [0.2, 0.25) is 0 Å². The molecular formula is C12H27N3. The van der Waals surface area contributed by atoms with Crippen molar-refractivity contribution < 1.29 is 0 Å². The zero-order valence-corrected chi connectivity index (χ0v) is 10.6. The normalized spacial score (nSPS) is 23.6. The molecule has 1 fully saturated rings. The fourth-order valence-electron chi connectivity index (χ4n) is 2.21. The minimum absolute atomic E-state index is 0.825. The van der Waals surface area contributed by atoms with Crippen molar-refractivity contribution in [1.29, 1.82) is 0 Å². The summed E-state index contributed by atoms with van der Waals surface area (Å²) in [5.41, 5.74) is 0. The van der Waals surface area contributed by atoms with Crippen molar-refractivity contribution in [2.45, 2.75) is 31.7 Å². The lowest BCUT2D eigenvalue weighted by molar-refractivity contribution is 0.175. The van der Waals surface area contributed by atoms with Crippen molar-refractivity contribution >= 4 is 0 Å². The van der Waals surface area contributed by atoms with Crippen LogP contribution in [0.4, 0.5) is 0 Å². The van der Waals surface area contributed by atoms with Crippen LogP contribution >= 0.6 is 0 Å². The molecule has 0 radical (unpaired) electrons. The molecule has 1 rings (SSSR count). The highest BCUT2D eigenvalue weighted by Gasteiger charge is 2.17. The molecular weight excluding hydrogens is 186 g/mol. The predicted molar refractivity (Wildman–Crippen MR) is 66.3 cm³/mol. The van der Waals surface area contributed by atoms with E-state index in [4.69, 9.17) is 0 Å². The number of hydrogen-bond donors (Lipinski definition) is 1. The first-order chi connectivity index (χ1) is 7.20. The van der Waals surface area contributed by atoms with Gasteiger partial charge in [0.15, 0.2) is 0 Å². The van der Waals surface area contributed by atoms with Crippen LogP contribution in [0.1, 0.15) is 25.7 Å². The van der Waals surface area contributed by atoms with Crippen LogP contribution in [-0.2, 0) is 0 Å². The molecule has 1 atom stereocenters. The average molecular weight is 213 g/mol. The highest BCUT2D eigenvalue weighted by Crippen LogP contribution is 2.16. The Balaban J connectivity index is 1.99. The molecule has 1 saturated heterocycles. The van der Waals surface area contributed by atoms with E-state index in [1.807, 2.05) is 0 Å². The lowest BCUT2D eigenvalue weighted by Crippen LogP contribution is -2.38. The second-order valence-electron chi connectivity index (χ2n) is 4.97. The Kier molecular flexibility index (Phi) is 6.22. The molecule has 1 N–H and O–H groups in total. The quantitative estimate of drug-likeness (QED) is 0.664. The van der Waals surface area contributed by atoms with Crippen molar-refractivity contribution in [3.05, 3.63) is 0 Å². The van der Waals surface area contributed by atoms with Gasteiger partial charge in [-0.3, -0.25) is 0 Å². The summed E-state index contributed by atoms with van der Waals surface area (Å²) in [4.78, 5) is 4.75. The fraction of sp³-hybridized carbons (Fsp3) is 1.00. The van der Waals surface area contributed by atoms with Crippen molar-refractivity contribution in [3.63, 3.8) is 0 Å². The summed E-state index contributed by atoms with van der Waals surface area (Å²) in [5.74, 6) is 0. The molecule has 3 heteroatoms. The Hall–Kier alpha value is -0.120. The Morgan fingerprint density at radius 1 is 1.27 bits per heavy atom. The van der Waals surface area contributed by atoms with E-state index in [0.29, 0.717) is 0 Å². The highest BCUT2D eigenvalue weighted by atomic mass is 15.1. The summed E-state index contributed by atoms with van der Waals surface area (Å²) in [6.45, 7) is 4.72. The second kappa shape index (κ2) is 7.20. The molecule has 0 aromatic heterocycles. The van der Waals surface area contributed by atoms with E-state index in [1.165, 1.54) is 38.8 Å². The molecule has 0 aliphatic carbocycles. The van der Waals surface area contributed by atoms with Gasteiger partial charge in [0.1, 0.15) is 0 Å². The predicted octanol–water partition coefficient (Wildman–Crippen LogP) is 1.01. The van der Waals surface area contributed by atoms with Crippen LogP contribution in [0, 0.1) is 0 Å². The van der Waals surface area contributed by atoms with Crippen molar-refractivity contribution in [2.75, 3.05) is 47.3 Å². The maximum atomic E-state index is 3.52. The number of piperidine rings is 1. The SMILES string of the molecule is CN(C)CCNCCC1CCCCN1C. The molecule has 0 aromatic carbocycles. The Bertz CT molecular complexity index is 159. The number of likely N-dealkylation sites (N-methyl/N-ethyl adjacent to an activating group) is 1. The van der Waals surface area contributed by atoms with Crippen molar-refractivity contribution in [2.24, 2.45) is 0 Å². The van der Waals surface area contributed by atoms with E-state index in [2.05, 4.69) is 36.3 Å². The fourth-order valence-corrected chi connectivity index (χ4v) is 2.21. The van der Waals surface area contributed by atoms with E-state index >= 15 is 0 Å². The van der Waals surface area contributed by atoms with Gasteiger partial charge in [0, 0.05) is 19.1 Å². The topological polar surface area (TPSA) is 18.5 Å². The largest absolute Gasteiger partial charge is 0.315 e. The van der Waals surface area contributed by atoms with E-state index in [-0.39, 0.29) is 0 Å². The zero-order valence-electron chi connectivity index (χ0n) is 10.6. The third kappa shape index (κ3) is 5.50. The Labute approximate surface area is 94.8 Å². The second-order valence-corrected chi connectivity index (χ2v) is 4.97. The number of hydrogen-bond acceptors (Lipinski definition) is 3. The zero-order chi connectivity index (χ0) is 11.1. The first kappa shape index (κ1) is 12.9. The smallest absolute Gasteiger partial charge is 0.0104 e. The molecule has 0 spiro atoms. The van der Waals surface area contributed by atoms with Crippen LogP contribution in [0.15, 0.2) is 0 Å². The van der Waals surface area contributed by atoms with Crippen molar-refractivity contribution in [1.82, 2.24) is 15.1 Å². The van der Waals surface area contributed by atoms with Gasteiger partial charge in [0.05, 0.1) is 0 Å². The summed E-state index contributed by atoms with van der Waals surface area (Å²) in [6.07, 6.45) is 5.52.